The molecule has 0 unspecified atom stereocenters. The molecule has 0 saturated carbocycles. The molecule has 2 amide bonds. The Bertz CT molecular complexity index is 893. The summed E-state index contributed by atoms with van der Waals surface area (Å²) in [6.45, 7) is 5.54. The predicted molar refractivity (Wildman–Crippen MR) is 103 cm³/mol. The van der Waals surface area contributed by atoms with E-state index in [4.69, 9.17) is 10.5 Å². The van der Waals surface area contributed by atoms with Gasteiger partial charge < -0.3 is 19.9 Å². The number of aromatic nitrogens is 4. The first-order valence-electron chi connectivity index (χ1n) is 9.62. The first-order chi connectivity index (χ1) is 13.8. The number of aryl methyl sites for hydroxylation is 1. The molecule has 1 aliphatic heterocycles. The smallest absolute Gasteiger partial charge is 0.270 e. The van der Waals surface area contributed by atoms with E-state index in [1.165, 1.54) is 10.9 Å². The van der Waals surface area contributed by atoms with Crippen molar-refractivity contribution in [2.24, 2.45) is 5.73 Å². The van der Waals surface area contributed by atoms with E-state index >= 15 is 0 Å². The minimum atomic E-state index is -1.10. The molecule has 0 aromatic carbocycles. The zero-order valence-corrected chi connectivity index (χ0v) is 17.0. The molecule has 158 valence electrons. The van der Waals surface area contributed by atoms with Gasteiger partial charge in [-0.3, -0.25) is 9.59 Å². The van der Waals surface area contributed by atoms with E-state index in [1.807, 2.05) is 19.9 Å². The molecule has 2 atom stereocenters. The number of likely N-dealkylation sites (tertiary alicyclic amines) is 1. The molecule has 2 N–H and O–H groups in total. The molecule has 1 saturated heterocycles. The maximum Gasteiger partial charge on any atom is 0.270 e. The number of hydrogen-bond acceptors (Lipinski definition) is 5. The van der Waals surface area contributed by atoms with Crippen LogP contribution in [0.3, 0.4) is 0 Å². The molecule has 3 rings (SSSR count). The average molecular weight is 406 g/mol. The van der Waals surface area contributed by atoms with Gasteiger partial charge in [-0.25, -0.2) is 9.07 Å². The van der Waals surface area contributed by atoms with Crippen LogP contribution in [-0.2, 0) is 17.8 Å². The standard InChI is InChI=1S/C19H27FN6O3/c1-12-7-16(13(2)25(12)5-4-6-29-3)19(28)26-9-14(20)8-15(26)10-24-11-17(18(21)27)22-23-24/h7,11,14-15H,4-6,8-10H2,1-3H3,(H2,21,27)/t14-,15-/m0/s1. The van der Waals surface area contributed by atoms with Crippen LogP contribution >= 0.6 is 0 Å². The lowest BCUT2D eigenvalue weighted by atomic mass is 10.1. The SMILES string of the molecule is COCCCn1c(C)cc(C(=O)N2C[C@@H](F)C[C@H]2Cn2cc(C(N)=O)nn2)c1C. The number of nitrogens with two attached hydrogens (primary N) is 1. The lowest BCUT2D eigenvalue weighted by molar-refractivity contribution is 0.0713. The van der Waals surface area contributed by atoms with E-state index in [0.29, 0.717) is 12.2 Å². The van der Waals surface area contributed by atoms with Gasteiger partial charge in [0.15, 0.2) is 5.69 Å². The first kappa shape index (κ1) is 21.0. The number of primary amides is 1. The minimum absolute atomic E-state index is 0.0359. The van der Waals surface area contributed by atoms with Crippen LogP contribution in [-0.4, -0.2) is 68.8 Å². The van der Waals surface area contributed by atoms with E-state index < -0.39 is 12.1 Å². The molecular weight excluding hydrogens is 379 g/mol. The maximum absolute atomic E-state index is 14.2. The fraction of sp³-hybridized carbons (Fsp3) is 0.579. The van der Waals surface area contributed by atoms with Crippen LogP contribution in [0.2, 0.25) is 0 Å². The molecule has 29 heavy (non-hydrogen) atoms. The highest BCUT2D eigenvalue weighted by molar-refractivity contribution is 5.96. The van der Waals surface area contributed by atoms with Crippen molar-refractivity contribution in [3.63, 3.8) is 0 Å². The molecular formula is C19H27FN6O3. The van der Waals surface area contributed by atoms with Gasteiger partial charge in [0, 0.05) is 38.1 Å². The van der Waals surface area contributed by atoms with Gasteiger partial charge in [0.2, 0.25) is 0 Å². The van der Waals surface area contributed by atoms with E-state index in [0.717, 1.165) is 24.4 Å². The van der Waals surface area contributed by atoms with Gasteiger partial charge in [-0.05, 0) is 26.3 Å². The summed E-state index contributed by atoms with van der Waals surface area (Å²) in [4.78, 5) is 26.0. The molecule has 0 bridgehead atoms. The van der Waals surface area contributed by atoms with Gasteiger partial charge in [-0.2, -0.15) is 0 Å². The fourth-order valence-electron chi connectivity index (χ4n) is 3.88. The number of alkyl halides is 1. The van der Waals surface area contributed by atoms with Crippen molar-refractivity contribution in [1.82, 2.24) is 24.5 Å². The Morgan fingerprint density at radius 1 is 1.38 bits per heavy atom. The molecule has 3 heterocycles. The van der Waals surface area contributed by atoms with Gasteiger partial charge in [0.05, 0.1) is 30.9 Å². The molecule has 0 aliphatic carbocycles. The summed E-state index contributed by atoms with van der Waals surface area (Å²) in [6.07, 6.45) is 1.36. The normalized spacial score (nSPS) is 19.1. The molecule has 10 heteroatoms. The molecule has 2 aromatic rings. The van der Waals surface area contributed by atoms with Crippen molar-refractivity contribution in [3.05, 3.63) is 34.9 Å². The number of ether oxygens (including phenoxy) is 1. The average Bonchev–Trinajstić information content (AvgIpc) is 3.35. The monoisotopic (exact) mass is 406 g/mol. The summed E-state index contributed by atoms with van der Waals surface area (Å²) in [6, 6.07) is 1.48. The lowest BCUT2D eigenvalue weighted by Gasteiger charge is -2.24. The van der Waals surface area contributed by atoms with Crippen LogP contribution in [0.15, 0.2) is 12.3 Å². The van der Waals surface area contributed by atoms with Crippen LogP contribution in [0.4, 0.5) is 4.39 Å². The second kappa shape index (κ2) is 8.73. The summed E-state index contributed by atoms with van der Waals surface area (Å²) in [7, 11) is 1.66. The van der Waals surface area contributed by atoms with E-state index in [9.17, 15) is 14.0 Å². The van der Waals surface area contributed by atoms with E-state index in [-0.39, 0.29) is 37.2 Å². The van der Waals surface area contributed by atoms with Crippen molar-refractivity contribution in [1.29, 1.82) is 0 Å². The highest BCUT2D eigenvalue weighted by Crippen LogP contribution is 2.26. The van der Waals surface area contributed by atoms with Gasteiger partial charge in [-0.15, -0.1) is 5.10 Å². The Labute approximate surface area is 168 Å². The highest BCUT2D eigenvalue weighted by atomic mass is 19.1. The number of nitrogens with zero attached hydrogens (tertiary/aromatic N) is 5. The second-order valence-electron chi connectivity index (χ2n) is 7.42. The molecule has 1 aliphatic rings. The number of rotatable bonds is 8. The van der Waals surface area contributed by atoms with Gasteiger partial charge >= 0.3 is 0 Å². The summed E-state index contributed by atoms with van der Waals surface area (Å²) in [5.74, 6) is -0.878. The third-order valence-corrected chi connectivity index (χ3v) is 5.35. The Morgan fingerprint density at radius 3 is 2.79 bits per heavy atom. The third-order valence-electron chi connectivity index (χ3n) is 5.35. The zero-order chi connectivity index (χ0) is 21.1. The van der Waals surface area contributed by atoms with E-state index in [1.54, 1.807) is 12.0 Å². The number of carbonyl (C=O) groups is 2. The van der Waals surface area contributed by atoms with E-state index in [2.05, 4.69) is 14.9 Å². The molecule has 9 nitrogen and oxygen atoms in total. The second-order valence-corrected chi connectivity index (χ2v) is 7.42. The van der Waals surface area contributed by atoms with Gasteiger partial charge in [0.1, 0.15) is 6.17 Å². The first-order valence-corrected chi connectivity index (χ1v) is 9.62. The minimum Gasteiger partial charge on any atom is -0.385 e. The summed E-state index contributed by atoms with van der Waals surface area (Å²) >= 11 is 0. The molecule has 2 aromatic heterocycles. The summed E-state index contributed by atoms with van der Waals surface area (Å²) < 4.78 is 22.8. The number of halogens is 1. The van der Waals surface area contributed by atoms with Crippen LogP contribution in [0.1, 0.15) is 45.1 Å². The van der Waals surface area contributed by atoms with Gasteiger partial charge in [0.25, 0.3) is 11.8 Å². The van der Waals surface area contributed by atoms with Crippen molar-refractivity contribution in [3.8, 4) is 0 Å². The molecule has 1 fully saturated rings. The van der Waals surface area contributed by atoms with Gasteiger partial charge in [-0.1, -0.05) is 5.21 Å². The number of carbonyl (C=O) groups excluding carboxylic acids is 2. The van der Waals surface area contributed by atoms with Crippen molar-refractivity contribution < 1.29 is 18.7 Å². The highest BCUT2D eigenvalue weighted by Gasteiger charge is 2.37. The predicted octanol–water partition coefficient (Wildman–Crippen LogP) is 1.08. The third kappa shape index (κ3) is 4.47. The topological polar surface area (TPSA) is 108 Å². The number of methoxy groups -OCH3 is 1. The van der Waals surface area contributed by atoms with Crippen molar-refractivity contribution in [2.45, 2.75) is 52.0 Å². The van der Waals surface area contributed by atoms with Crippen molar-refractivity contribution in [2.75, 3.05) is 20.3 Å². The largest absolute Gasteiger partial charge is 0.385 e. The van der Waals surface area contributed by atoms with Crippen LogP contribution < -0.4 is 5.73 Å². The quantitative estimate of drug-likeness (QED) is 0.660. The maximum atomic E-state index is 14.2. The van der Waals surface area contributed by atoms with Crippen molar-refractivity contribution >= 4 is 11.8 Å². The molecule has 0 spiro atoms. The molecule has 0 radical (unpaired) electrons. The Hall–Kier alpha value is -2.75. The van der Waals surface area contributed by atoms with Crippen LogP contribution in [0.25, 0.3) is 0 Å². The lowest BCUT2D eigenvalue weighted by Crippen LogP contribution is -2.38. The zero-order valence-electron chi connectivity index (χ0n) is 17.0. The summed E-state index contributed by atoms with van der Waals surface area (Å²) in [5.41, 5.74) is 7.66. The Morgan fingerprint density at radius 2 is 2.14 bits per heavy atom. The van der Waals surface area contributed by atoms with Crippen LogP contribution in [0.5, 0.6) is 0 Å². The summed E-state index contributed by atoms with van der Waals surface area (Å²) in [5, 5.41) is 7.56. The van der Waals surface area contributed by atoms with Crippen LogP contribution in [0, 0.1) is 13.8 Å². The Kier molecular flexibility index (Phi) is 6.31. The number of amides is 2. The fourth-order valence-corrected chi connectivity index (χ4v) is 3.88. The Balaban J connectivity index is 1.77. The number of hydrogen-bond donors (Lipinski definition) is 1.